The number of piperazine rings is 1. The number of anilines is 1. The number of rotatable bonds is 10. The van der Waals surface area contributed by atoms with Crippen LogP contribution in [0.5, 0.6) is 5.75 Å². The number of carbonyl (C=O) groups excluding carboxylic acids is 3. The molecular formula is C36H37N7O4. The standard InChI is InChI=1S/C36H37N7O4/c1-38-29-14-10-25(11-15-29)20-32-35(45)40(22-28-8-5-7-27-6-3-4-9-31(27)28)23-33-42(24-34(44)43(32)33)41(19-18-37)36(46)39-21-26-12-16-30(47-2)17-13-26/h3-17,32-33,38H,19-24H2,1-2H3,(H,39,46)/t32-,33+/m0/s1. The second kappa shape index (κ2) is 13.8. The lowest BCUT2D eigenvalue weighted by Crippen LogP contribution is -2.66. The Morgan fingerprint density at radius 3 is 2.43 bits per heavy atom. The van der Waals surface area contributed by atoms with Crippen LogP contribution < -0.4 is 15.4 Å². The van der Waals surface area contributed by atoms with Crippen LogP contribution in [0.25, 0.3) is 10.8 Å². The van der Waals surface area contributed by atoms with Gasteiger partial charge in [-0.1, -0.05) is 66.7 Å². The van der Waals surface area contributed by atoms with E-state index in [2.05, 4.69) is 16.7 Å². The third-order valence-corrected chi connectivity index (χ3v) is 8.85. The Morgan fingerprint density at radius 2 is 1.70 bits per heavy atom. The van der Waals surface area contributed by atoms with Gasteiger partial charge in [-0.3, -0.25) is 9.59 Å². The molecule has 2 N–H and O–H groups in total. The maximum Gasteiger partial charge on any atom is 0.333 e. The number of ether oxygens (including phenoxy) is 1. The first-order valence-electron chi connectivity index (χ1n) is 15.5. The van der Waals surface area contributed by atoms with Crippen LogP contribution in [0.1, 0.15) is 16.7 Å². The second-order valence-electron chi connectivity index (χ2n) is 11.6. The number of urea groups is 1. The Balaban J connectivity index is 1.30. The van der Waals surface area contributed by atoms with E-state index in [9.17, 15) is 19.6 Å². The number of amides is 4. The Kier molecular flexibility index (Phi) is 9.22. The van der Waals surface area contributed by atoms with Crippen molar-refractivity contribution < 1.29 is 19.1 Å². The number of benzene rings is 4. The van der Waals surface area contributed by atoms with Gasteiger partial charge in [-0.2, -0.15) is 10.3 Å². The topological polar surface area (TPSA) is 121 Å². The van der Waals surface area contributed by atoms with Crippen LogP contribution in [-0.2, 0) is 29.1 Å². The zero-order chi connectivity index (χ0) is 32.9. The molecule has 11 heteroatoms. The summed E-state index contributed by atoms with van der Waals surface area (Å²) in [4.78, 5) is 45.0. The highest BCUT2D eigenvalue weighted by atomic mass is 16.5. The van der Waals surface area contributed by atoms with Crippen molar-refractivity contribution >= 4 is 34.3 Å². The smallest absolute Gasteiger partial charge is 0.333 e. The number of carbonyl (C=O) groups is 3. The first-order valence-corrected chi connectivity index (χ1v) is 15.5. The van der Waals surface area contributed by atoms with Gasteiger partial charge in [0, 0.05) is 32.2 Å². The number of nitrogens with one attached hydrogen (secondary N) is 2. The number of hydrogen-bond donors (Lipinski definition) is 2. The number of fused-ring (bicyclic) bond motifs is 2. The Hall–Kier alpha value is -5.60. The third kappa shape index (κ3) is 6.55. The highest BCUT2D eigenvalue weighted by molar-refractivity contribution is 5.92. The fourth-order valence-corrected chi connectivity index (χ4v) is 6.42. The van der Waals surface area contributed by atoms with Crippen molar-refractivity contribution in [1.82, 2.24) is 25.1 Å². The normalized spacial score (nSPS) is 17.7. The molecule has 0 unspecified atom stereocenters. The van der Waals surface area contributed by atoms with Gasteiger partial charge in [-0.25, -0.2) is 9.80 Å². The SMILES string of the molecule is CNc1ccc(C[C@H]2C(=O)N(Cc3cccc4ccccc34)C[C@H]3N2C(=O)CN3N(CC#N)C(=O)NCc2ccc(OC)cc2)cc1. The molecule has 0 bridgehead atoms. The zero-order valence-corrected chi connectivity index (χ0v) is 26.4. The zero-order valence-electron chi connectivity index (χ0n) is 26.4. The van der Waals surface area contributed by atoms with E-state index >= 15 is 0 Å². The van der Waals surface area contributed by atoms with Crippen molar-refractivity contribution in [2.45, 2.75) is 31.7 Å². The maximum absolute atomic E-state index is 14.3. The van der Waals surface area contributed by atoms with Gasteiger partial charge in [0.2, 0.25) is 11.8 Å². The highest BCUT2D eigenvalue weighted by Crippen LogP contribution is 2.31. The molecule has 6 rings (SSSR count). The summed E-state index contributed by atoms with van der Waals surface area (Å²) in [5, 5.41) is 20.8. The Morgan fingerprint density at radius 1 is 0.979 bits per heavy atom. The molecule has 4 aromatic rings. The van der Waals surface area contributed by atoms with Gasteiger partial charge in [-0.15, -0.1) is 0 Å². The molecule has 0 radical (unpaired) electrons. The van der Waals surface area contributed by atoms with Crippen LogP contribution in [0.4, 0.5) is 10.5 Å². The third-order valence-electron chi connectivity index (χ3n) is 8.85. The molecule has 0 aromatic heterocycles. The number of hydrazine groups is 1. The van der Waals surface area contributed by atoms with Crippen molar-refractivity contribution in [3.05, 3.63) is 108 Å². The average molecular weight is 632 g/mol. The Bertz CT molecular complexity index is 1800. The summed E-state index contributed by atoms with van der Waals surface area (Å²) in [6, 6.07) is 29.9. The molecule has 2 aliphatic rings. The first kappa shape index (κ1) is 31.4. The molecule has 4 amide bonds. The molecule has 240 valence electrons. The fraction of sp³-hybridized carbons (Fsp3) is 0.278. The summed E-state index contributed by atoms with van der Waals surface area (Å²) in [7, 11) is 3.43. The summed E-state index contributed by atoms with van der Waals surface area (Å²) in [6.07, 6.45) is -0.329. The van der Waals surface area contributed by atoms with E-state index < -0.39 is 18.2 Å². The lowest BCUT2D eigenvalue weighted by molar-refractivity contribution is -0.157. The number of methoxy groups -OCH3 is 1. The largest absolute Gasteiger partial charge is 0.497 e. The van der Waals surface area contributed by atoms with Crippen molar-refractivity contribution in [1.29, 1.82) is 5.26 Å². The minimum Gasteiger partial charge on any atom is -0.497 e. The minimum atomic E-state index is -0.784. The van der Waals surface area contributed by atoms with Gasteiger partial charge < -0.3 is 25.2 Å². The van der Waals surface area contributed by atoms with E-state index in [1.54, 1.807) is 21.9 Å². The summed E-state index contributed by atoms with van der Waals surface area (Å²) in [5.74, 6) is 0.281. The molecule has 2 saturated heterocycles. The average Bonchev–Trinajstić information content (AvgIpc) is 3.43. The first-order chi connectivity index (χ1) is 22.9. The lowest BCUT2D eigenvalue weighted by atomic mass is 9.98. The fourth-order valence-electron chi connectivity index (χ4n) is 6.42. The predicted molar refractivity (Wildman–Crippen MR) is 178 cm³/mol. The van der Waals surface area contributed by atoms with E-state index in [-0.39, 0.29) is 38.0 Å². The van der Waals surface area contributed by atoms with Crippen LogP contribution in [0.3, 0.4) is 0 Å². The van der Waals surface area contributed by atoms with Crippen molar-refractivity contribution in [2.24, 2.45) is 0 Å². The molecule has 0 spiro atoms. The maximum atomic E-state index is 14.3. The highest BCUT2D eigenvalue weighted by Gasteiger charge is 2.52. The van der Waals surface area contributed by atoms with E-state index in [0.29, 0.717) is 18.7 Å². The monoisotopic (exact) mass is 631 g/mol. The van der Waals surface area contributed by atoms with Gasteiger partial charge in [0.25, 0.3) is 0 Å². The van der Waals surface area contributed by atoms with Crippen LogP contribution in [-0.4, -0.2) is 83.7 Å². The summed E-state index contributed by atoms with van der Waals surface area (Å²) in [6.45, 7) is 0.338. The molecule has 11 nitrogen and oxygen atoms in total. The van der Waals surface area contributed by atoms with Gasteiger partial charge in [0.05, 0.1) is 26.3 Å². The summed E-state index contributed by atoms with van der Waals surface area (Å²) >= 11 is 0. The summed E-state index contributed by atoms with van der Waals surface area (Å²) in [5.41, 5.74) is 3.69. The second-order valence-corrected chi connectivity index (χ2v) is 11.6. The molecule has 0 saturated carbocycles. The van der Waals surface area contributed by atoms with Crippen molar-refractivity contribution in [3.63, 3.8) is 0 Å². The minimum absolute atomic E-state index is 0.132. The number of nitriles is 1. The molecule has 0 aliphatic carbocycles. The van der Waals surface area contributed by atoms with Crippen molar-refractivity contribution in [2.75, 3.05) is 39.1 Å². The van der Waals surface area contributed by atoms with Gasteiger partial charge in [0.15, 0.2) is 0 Å². The van der Waals surface area contributed by atoms with Crippen LogP contribution in [0, 0.1) is 11.3 Å². The van der Waals surface area contributed by atoms with Crippen LogP contribution >= 0.6 is 0 Å². The van der Waals surface area contributed by atoms with Gasteiger partial charge >= 0.3 is 6.03 Å². The molecule has 4 aromatic carbocycles. The van der Waals surface area contributed by atoms with Gasteiger partial charge in [0.1, 0.15) is 24.5 Å². The lowest BCUT2D eigenvalue weighted by Gasteiger charge is -2.46. The molecule has 2 heterocycles. The van der Waals surface area contributed by atoms with E-state index in [0.717, 1.165) is 33.2 Å². The quantitative estimate of drug-likeness (QED) is 0.254. The molecule has 2 aliphatic heterocycles. The van der Waals surface area contributed by atoms with Crippen LogP contribution in [0.15, 0.2) is 91.0 Å². The molecule has 2 fully saturated rings. The summed E-state index contributed by atoms with van der Waals surface area (Å²) < 4.78 is 5.22. The Labute approximate surface area is 273 Å². The molecular weight excluding hydrogens is 594 g/mol. The van der Waals surface area contributed by atoms with E-state index in [1.807, 2.05) is 98.0 Å². The predicted octanol–water partition coefficient (Wildman–Crippen LogP) is 3.96. The number of nitrogens with zero attached hydrogens (tertiary/aromatic N) is 5. The molecule has 47 heavy (non-hydrogen) atoms. The molecule has 2 atom stereocenters. The van der Waals surface area contributed by atoms with E-state index in [4.69, 9.17) is 4.74 Å². The van der Waals surface area contributed by atoms with Gasteiger partial charge in [-0.05, 0) is 51.7 Å². The van der Waals surface area contributed by atoms with Crippen LogP contribution in [0.2, 0.25) is 0 Å². The number of hydrogen-bond acceptors (Lipinski definition) is 7. The van der Waals surface area contributed by atoms with Crippen molar-refractivity contribution in [3.8, 4) is 11.8 Å². The van der Waals surface area contributed by atoms with E-state index in [1.165, 1.54) is 5.01 Å².